The van der Waals surface area contributed by atoms with Crippen molar-refractivity contribution in [1.29, 1.82) is 0 Å². The van der Waals surface area contributed by atoms with Crippen LogP contribution < -0.4 is 14.2 Å². The maximum Gasteiger partial charge on any atom is 0.330 e. The van der Waals surface area contributed by atoms with E-state index < -0.39 is 17.9 Å². The predicted molar refractivity (Wildman–Crippen MR) is 81.3 cm³/mol. The molecule has 0 atom stereocenters. The molecule has 0 amide bonds. The zero-order chi connectivity index (χ0) is 17.4. The van der Waals surface area contributed by atoms with E-state index in [9.17, 15) is 14.4 Å². The van der Waals surface area contributed by atoms with Gasteiger partial charge in [-0.3, -0.25) is 9.59 Å². The van der Waals surface area contributed by atoms with Gasteiger partial charge in [-0.1, -0.05) is 0 Å². The average Bonchev–Trinajstić information content (AvgIpc) is 2.46. The number of rotatable bonds is 6. The normalized spacial score (nSPS) is 10.3. The standard InChI is InChI=1S/C16H18O7/c1-5-21-15(19)7-6-12-8-13(20-4)16(23-11(3)18)14(9-12)22-10(2)17/h6-9H,5H2,1-4H3. The number of benzene rings is 1. The monoisotopic (exact) mass is 322 g/mol. The van der Waals surface area contributed by atoms with E-state index in [1.165, 1.54) is 45.2 Å². The molecule has 0 bridgehead atoms. The molecular formula is C16H18O7. The van der Waals surface area contributed by atoms with Crippen LogP contribution in [0.15, 0.2) is 18.2 Å². The van der Waals surface area contributed by atoms with E-state index in [1.807, 2.05) is 0 Å². The van der Waals surface area contributed by atoms with Crippen molar-refractivity contribution in [2.45, 2.75) is 20.8 Å². The molecule has 0 aromatic heterocycles. The van der Waals surface area contributed by atoms with Gasteiger partial charge in [-0.2, -0.15) is 0 Å². The third kappa shape index (κ3) is 5.82. The third-order valence-electron chi connectivity index (χ3n) is 2.46. The Morgan fingerprint density at radius 2 is 1.65 bits per heavy atom. The molecule has 0 aliphatic carbocycles. The van der Waals surface area contributed by atoms with Crippen molar-refractivity contribution in [3.63, 3.8) is 0 Å². The second kappa shape index (κ2) is 8.57. The summed E-state index contributed by atoms with van der Waals surface area (Å²) in [7, 11) is 1.37. The van der Waals surface area contributed by atoms with Gasteiger partial charge in [-0.25, -0.2) is 4.79 Å². The molecule has 0 saturated heterocycles. The molecule has 1 aromatic carbocycles. The highest BCUT2D eigenvalue weighted by atomic mass is 16.6. The van der Waals surface area contributed by atoms with Crippen LogP contribution in [0.1, 0.15) is 26.3 Å². The maximum absolute atomic E-state index is 11.4. The fourth-order valence-corrected chi connectivity index (χ4v) is 1.67. The van der Waals surface area contributed by atoms with Crippen LogP contribution in [-0.2, 0) is 19.1 Å². The second-order valence-corrected chi connectivity index (χ2v) is 4.32. The molecule has 1 aromatic rings. The van der Waals surface area contributed by atoms with E-state index in [1.54, 1.807) is 6.92 Å². The predicted octanol–water partition coefficient (Wildman–Crippen LogP) is 2.12. The fraction of sp³-hybridized carbons (Fsp3) is 0.312. The first-order chi connectivity index (χ1) is 10.9. The number of methoxy groups -OCH3 is 1. The van der Waals surface area contributed by atoms with Crippen molar-refractivity contribution in [2.24, 2.45) is 0 Å². The number of ether oxygens (including phenoxy) is 4. The zero-order valence-electron chi connectivity index (χ0n) is 13.4. The number of esters is 3. The topological polar surface area (TPSA) is 88.1 Å². The van der Waals surface area contributed by atoms with Gasteiger partial charge in [0.15, 0.2) is 11.5 Å². The highest BCUT2D eigenvalue weighted by Gasteiger charge is 2.17. The quantitative estimate of drug-likeness (QED) is 0.450. The number of carbonyl (C=O) groups excluding carboxylic acids is 3. The number of hydrogen-bond donors (Lipinski definition) is 0. The smallest absolute Gasteiger partial charge is 0.330 e. The summed E-state index contributed by atoms with van der Waals surface area (Å²) >= 11 is 0. The lowest BCUT2D eigenvalue weighted by Crippen LogP contribution is -2.08. The van der Waals surface area contributed by atoms with Crippen molar-refractivity contribution in [3.05, 3.63) is 23.8 Å². The summed E-state index contributed by atoms with van der Waals surface area (Å²) in [4.78, 5) is 33.8. The van der Waals surface area contributed by atoms with Crippen LogP contribution in [-0.4, -0.2) is 31.6 Å². The van der Waals surface area contributed by atoms with Gasteiger partial charge in [-0.05, 0) is 30.7 Å². The van der Waals surface area contributed by atoms with E-state index in [0.717, 1.165) is 0 Å². The van der Waals surface area contributed by atoms with Crippen molar-refractivity contribution >= 4 is 24.0 Å². The van der Waals surface area contributed by atoms with Crippen molar-refractivity contribution < 1.29 is 33.3 Å². The Labute approximate surface area is 133 Å². The van der Waals surface area contributed by atoms with Gasteiger partial charge in [-0.15, -0.1) is 0 Å². The summed E-state index contributed by atoms with van der Waals surface area (Å²) < 4.78 is 20.0. The summed E-state index contributed by atoms with van der Waals surface area (Å²) in [6.07, 6.45) is 2.69. The van der Waals surface area contributed by atoms with E-state index >= 15 is 0 Å². The molecule has 23 heavy (non-hydrogen) atoms. The van der Waals surface area contributed by atoms with Crippen LogP contribution in [0.3, 0.4) is 0 Å². The highest BCUT2D eigenvalue weighted by Crippen LogP contribution is 2.39. The van der Waals surface area contributed by atoms with Crippen molar-refractivity contribution in [3.8, 4) is 17.2 Å². The number of hydrogen-bond acceptors (Lipinski definition) is 7. The SMILES string of the molecule is CCOC(=O)C=Cc1cc(OC)c(OC(C)=O)c(OC(C)=O)c1. The van der Waals surface area contributed by atoms with Crippen LogP contribution in [0, 0.1) is 0 Å². The van der Waals surface area contributed by atoms with Gasteiger partial charge >= 0.3 is 17.9 Å². The molecule has 124 valence electrons. The molecule has 0 N–H and O–H groups in total. The average molecular weight is 322 g/mol. The first-order valence-corrected chi connectivity index (χ1v) is 6.81. The molecule has 0 saturated carbocycles. The van der Waals surface area contributed by atoms with E-state index in [0.29, 0.717) is 5.56 Å². The lowest BCUT2D eigenvalue weighted by atomic mass is 10.1. The van der Waals surface area contributed by atoms with Crippen LogP contribution in [0.2, 0.25) is 0 Å². The summed E-state index contributed by atoms with van der Waals surface area (Å²) in [5.41, 5.74) is 0.502. The molecule has 0 fully saturated rings. The Bertz CT molecular complexity index is 632. The zero-order valence-corrected chi connectivity index (χ0v) is 13.4. The van der Waals surface area contributed by atoms with Crippen molar-refractivity contribution in [1.82, 2.24) is 0 Å². The Morgan fingerprint density at radius 1 is 1.04 bits per heavy atom. The van der Waals surface area contributed by atoms with Crippen molar-refractivity contribution in [2.75, 3.05) is 13.7 Å². The number of carbonyl (C=O) groups is 3. The summed E-state index contributed by atoms with van der Waals surface area (Å²) in [6, 6.07) is 2.97. The van der Waals surface area contributed by atoms with Gasteiger partial charge in [0, 0.05) is 19.9 Å². The largest absolute Gasteiger partial charge is 0.493 e. The molecule has 0 aliphatic rings. The second-order valence-electron chi connectivity index (χ2n) is 4.32. The molecule has 7 heteroatoms. The van der Waals surface area contributed by atoms with E-state index in [2.05, 4.69) is 0 Å². The fourth-order valence-electron chi connectivity index (χ4n) is 1.67. The minimum Gasteiger partial charge on any atom is -0.493 e. The molecule has 7 nitrogen and oxygen atoms in total. The Morgan fingerprint density at radius 3 is 2.17 bits per heavy atom. The molecule has 0 unspecified atom stereocenters. The molecule has 0 aliphatic heterocycles. The Balaban J connectivity index is 3.26. The maximum atomic E-state index is 11.4. The minimum absolute atomic E-state index is 0.00978. The van der Waals surface area contributed by atoms with Crippen LogP contribution in [0.5, 0.6) is 17.2 Å². The van der Waals surface area contributed by atoms with Crippen LogP contribution in [0.4, 0.5) is 0 Å². The van der Waals surface area contributed by atoms with E-state index in [-0.39, 0.29) is 23.9 Å². The highest BCUT2D eigenvalue weighted by molar-refractivity contribution is 5.87. The molecule has 0 spiro atoms. The Kier molecular flexibility index (Phi) is 6.79. The van der Waals surface area contributed by atoms with Gasteiger partial charge < -0.3 is 18.9 Å². The minimum atomic E-state index is -0.591. The van der Waals surface area contributed by atoms with Crippen LogP contribution >= 0.6 is 0 Å². The lowest BCUT2D eigenvalue weighted by molar-refractivity contribution is -0.137. The summed E-state index contributed by atoms with van der Waals surface area (Å²) in [5.74, 6) is -1.51. The van der Waals surface area contributed by atoms with Gasteiger partial charge in [0.2, 0.25) is 5.75 Å². The van der Waals surface area contributed by atoms with Gasteiger partial charge in [0.05, 0.1) is 13.7 Å². The molecule has 0 heterocycles. The molecule has 1 rings (SSSR count). The lowest BCUT2D eigenvalue weighted by Gasteiger charge is -2.13. The molecule has 0 radical (unpaired) electrons. The third-order valence-corrected chi connectivity index (χ3v) is 2.46. The van der Waals surface area contributed by atoms with Crippen LogP contribution in [0.25, 0.3) is 6.08 Å². The molecular weight excluding hydrogens is 304 g/mol. The first kappa shape index (κ1) is 18.2. The first-order valence-electron chi connectivity index (χ1n) is 6.81. The van der Waals surface area contributed by atoms with E-state index in [4.69, 9.17) is 18.9 Å². The van der Waals surface area contributed by atoms with Gasteiger partial charge in [0.25, 0.3) is 0 Å². The Hall–Kier alpha value is -2.83. The van der Waals surface area contributed by atoms with Gasteiger partial charge in [0.1, 0.15) is 0 Å². The summed E-state index contributed by atoms with van der Waals surface area (Å²) in [5, 5.41) is 0. The summed E-state index contributed by atoms with van der Waals surface area (Å²) in [6.45, 7) is 4.38.